The van der Waals surface area contributed by atoms with Gasteiger partial charge < -0.3 is 14.4 Å². The summed E-state index contributed by atoms with van der Waals surface area (Å²) in [6.07, 6.45) is 4.33. The van der Waals surface area contributed by atoms with Crippen molar-refractivity contribution in [3.05, 3.63) is 48.3 Å². The van der Waals surface area contributed by atoms with Crippen LogP contribution >= 0.6 is 0 Å². The topological polar surface area (TPSA) is 101 Å². The number of carbonyl (C=O) groups excluding carboxylic acids is 1. The third kappa shape index (κ3) is 5.86. The largest absolute Gasteiger partial charge is 0.490 e. The second-order valence-corrected chi connectivity index (χ2v) is 10.7. The van der Waals surface area contributed by atoms with Crippen LogP contribution in [-0.2, 0) is 21.4 Å². The lowest BCUT2D eigenvalue weighted by molar-refractivity contribution is -0.135. The molecule has 0 bridgehead atoms. The number of benzene rings is 1. The minimum Gasteiger partial charge on any atom is -0.490 e. The molecule has 1 aromatic heterocycles. The van der Waals surface area contributed by atoms with Gasteiger partial charge in [-0.25, -0.2) is 8.42 Å². The maximum Gasteiger partial charge on any atom is 0.241 e. The van der Waals surface area contributed by atoms with Crippen molar-refractivity contribution in [1.29, 1.82) is 0 Å². The van der Waals surface area contributed by atoms with Gasteiger partial charge in [-0.2, -0.15) is 4.72 Å². The van der Waals surface area contributed by atoms with Crippen molar-refractivity contribution >= 4 is 15.9 Å². The van der Waals surface area contributed by atoms with E-state index in [2.05, 4.69) is 14.6 Å². The highest BCUT2D eigenvalue weighted by Crippen LogP contribution is 2.32. The van der Waals surface area contributed by atoms with E-state index in [4.69, 9.17) is 9.47 Å². The Hall–Kier alpha value is -2.69. The molecule has 1 saturated heterocycles. The van der Waals surface area contributed by atoms with E-state index in [1.807, 2.05) is 32.2 Å². The minimum absolute atomic E-state index is 0.0523. The molecule has 0 saturated carbocycles. The van der Waals surface area contributed by atoms with E-state index >= 15 is 0 Å². The first-order valence-electron chi connectivity index (χ1n) is 11.7. The summed E-state index contributed by atoms with van der Waals surface area (Å²) in [4.78, 5) is 21.5. The zero-order valence-electron chi connectivity index (χ0n) is 19.6. The van der Waals surface area contributed by atoms with Crippen LogP contribution in [-0.4, -0.2) is 74.5 Å². The van der Waals surface area contributed by atoms with Crippen LogP contribution < -0.4 is 14.2 Å². The van der Waals surface area contributed by atoms with Gasteiger partial charge in [0.1, 0.15) is 6.04 Å². The summed E-state index contributed by atoms with van der Waals surface area (Å²) in [5.41, 5.74) is 1.13. The number of fused-ring (bicyclic) bond motifs is 1. The van der Waals surface area contributed by atoms with E-state index in [0.717, 1.165) is 31.6 Å². The standard InChI is InChI=1S/C24H32N4O5S/c1-18(2)23(24(29)28-11-9-27(10-12-28)17-19-5-3-8-25-16-19)26-34(30,31)20-6-7-21-22(15-20)33-14-4-13-32-21/h3,5-8,15-16,18,23,26H,4,9-14,17H2,1-2H3. The van der Waals surface area contributed by atoms with Crippen LogP contribution in [0.1, 0.15) is 25.8 Å². The van der Waals surface area contributed by atoms with Gasteiger partial charge in [0.2, 0.25) is 15.9 Å². The number of hydrogen-bond donors (Lipinski definition) is 1. The van der Waals surface area contributed by atoms with E-state index in [1.165, 1.54) is 12.1 Å². The third-order valence-corrected chi connectivity index (χ3v) is 7.50. The number of hydrogen-bond acceptors (Lipinski definition) is 7. The first-order chi connectivity index (χ1) is 16.3. The average Bonchev–Trinajstić information content (AvgIpc) is 3.08. The number of rotatable bonds is 7. The summed E-state index contributed by atoms with van der Waals surface area (Å²) in [7, 11) is -3.94. The summed E-state index contributed by atoms with van der Waals surface area (Å²) >= 11 is 0. The highest BCUT2D eigenvalue weighted by atomic mass is 32.2. The Morgan fingerprint density at radius 3 is 2.50 bits per heavy atom. The van der Waals surface area contributed by atoms with Crippen LogP contribution in [0.3, 0.4) is 0 Å². The second-order valence-electron chi connectivity index (χ2n) is 8.96. The molecule has 0 radical (unpaired) electrons. The molecular weight excluding hydrogens is 456 g/mol. The Bertz CT molecular complexity index is 1090. The summed E-state index contributed by atoms with van der Waals surface area (Å²) < 4.78 is 40.2. The van der Waals surface area contributed by atoms with E-state index in [0.29, 0.717) is 37.8 Å². The number of carbonyl (C=O) groups is 1. The smallest absolute Gasteiger partial charge is 0.241 e. The van der Waals surface area contributed by atoms with Crippen molar-refractivity contribution in [2.75, 3.05) is 39.4 Å². The second kappa shape index (κ2) is 10.7. The van der Waals surface area contributed by atoms with Gasteiger partial charge in [0.15, 0.2) is 11.5 Å². The predicted octanol–water partition coefficient (Wildman–Crippen LogP) is 1.89. The van der Waals surface area contributed by atoms with Crippen LogP contribution in [0.25, 0.3) is 0 Å². The monoisotopic (exact) mass is 488 g/mol. The summed E-state index contributed by atoms with van der Waals surface area (Å²) in [5, 5.41) is 0. The normalized spacial score (nSPS) is 17.9. The van der Waals surface area contributed by atoms with Gasteiger partial charge in [-0.3, -0.25) is 14.7 Å². The maximum atomic E-state index is 13.3. The number of ether oxygens (including phenoxy) is 2. The fourth-order valence-electron chi connectivity index (χ4n) is 4.09. The Balaban J connectivity index is 1.41. The zero-order chi connectivity index (χ0) is 24.1. The van der Waals surface area contributed by atoms with E-state index < -0.39 is 16.1 Å². The number of amides is 1. The van der Waals surface area contributed by atoms with E-state index in [9.17, 15) is 13.2 Å². The van der Waals surface area contributed by atoms with Crippen molar-refractivity contribution in [3.63, 3.8) is 0 Å². The number of sulfonamides is 1. The SMILES string of the molecule is CC(C)C(NS(=O)(=O)c1ccc2c(c1)OCCCO2)C(=O)N1CCN(Cc2cccnc2)CC1. The molecule has 9 nitrogen and oxygen atoms in total. The number of aromatic nitrogens is 1. The molecule has 10 heteroatoms. The molecule has 4 rings (SSSR count). The number of pyridine rings is 1. The molecule has 1 atom stereocenters. The highest BCUT2D eigenvalue weighted by Gasteiger charge is 2.33. The fourth-order valence-corrected chi connectivity index (χ4v) is 5.44. The third-order valence-electron chi connectivity index (χ3n) is 6.06. The van der Waals surface area contributed by atoms with Crippen molar-refractivity contribution < 1.29 is 22.7 Å². The molecule has 0 spiro atoms. The van der Waals surface area contributed by atoms with Crippen LogP contribution in [0.2, 0.25) is 0 Å². The van der Waals surface area contributed by atoms with Crippen LogP contribution in [0.15, 0.2) is 47.6 Å². The number of nitrogens with one attached hydrogen (secondary N) is 1. The first-order valence-corrected chi connectivity index (χ1v) is 13.1. The molecule has 184 valence electrons. The molecule has 1 amide bonds. The van der Waals surface area contributed by atoms with E-state index in [1.54, 1.807) is 17.2 Å². The van der Waals surface area contributed by atoms with Gasteiger partial charge in [-0.15, -0.1) is 0 Å². The van der Waals surface area contributed by atoms with E-state index in [-0.39, 0.29) is 16.7 Å². The number of nitrogens with zero attached hydrogens (tertiary/aromatic N) is 3. The zero-order valence-corrected chi connectivity index (χ0v) is 20.5. The van der Waals surface area contributed by atoms with Gasteiger partial charge in [-0.05, 0) is 29.7 Å². The molecule has 1 fully saturated rings. The quantitative estimate of drug-likeness (QED) is 0.635. The predicted molar refractivity (Wildman–Crippen MR) is 127 cm³/mol. The molecule has 2 aliphatic rings. The molecule has 1 aromatic carbocycles. The molecular formula is C24H32N4O5S. The lowest BCUT2D eigenvalue weighted by Crippen LogP contribution is -2.56. The lowest BCUT2D eigenvalue weighted by atomic mass is 10.0. The number of piperazine rings is 1. The molecule has 2 aromatic rings. The molecule has 1 N–H and O–H groups in total. The van der Waals surface area contributed by atoms with Gasteiger partial charge in [0.25, 0.3) is 0 Å². The van der Waals surface area contributed by atoms with Crippen LogP contribution in [0.4, 0.5) is 0 Å². The van der Waals surface area contributed by atoms with Crippen molar-refractivity contribution in [1.82, 2.24) is 19.5 Å². The maximum absolute atomic E-state index is 13.3. The van der Waals surface area contributed by atoms with Crippen molar-refractivity contribution in [2.24, 2.45) is 5.92 Å². The first kappa shape index (κ1) is 24.4. The van der Waals surface area contributed by atoms with Gasteiger partial charge in [0, 0.05) is 57.6 Å². The minimum atomic E-state index is -3.94. The molecule has 2 aliphatic heterocycles. The average molecular weight is 489 g/mol. The highest BCUT2D eigenvalue weighted by molar-refractivity contribution is 7.89. The fraction of sp³-hybridized carbons (Fsp3) is 0.500. The molecule has 3 heterocycles. The summed E-state index contributed by atoms with van der Waals surface area (Å²) in [5.74, 6) is 0.514. The van der Waals surface area contributed by atoms with Crippen molar-refractivity contribution in [2.45, 2.75) is 37.8 Å². The Kier molecular flexibility index (Phi) is 7.70. The van der Waals surface area contributed by atoms with Gasteiger partial charge in [0.05, 0.1) is 18.1 Å². The summed E-state index contributed by atoms with van der Waals surface area (Å²) in [6.45, 7) is 8.00. The van der Waals surface area contributed by atoms with Crippen LogP contribution in [0, 0.1) is 5.92 Å². The Morgan fingerprint density at radius 2 is 1.82 bits per heavy atom. The Morgan fingerprint density at radius 1 is 1.09 bits per heavy atom. The summed E-state index contributed by atoms with van der Waals surface area (Å²) in [6, 6.07) is 7.64. The van der Waals surface area contributed by atoms with Gasteiger partial charge in [-0.1, -0.05) is 19.9 Å². The molecule has 34 heavy (non-hydrogen) atoms. The lowest BCUT2D eigenvalue weighted by Gasteiger charge is -2.37. The molecule has 1 unspecified atom stereocenters. The molecule has 0 aliphatic carbocycles. The Labute approximate surface area is 201 Å². The van der Waals surface area contributed by atoms with Gasteiger partial charge >= 0.3 is 0 Å². The van der Waals surface area contributed by atoms with Crippen LogP contribution in [0.5, 0.6) is 11.5 Å². The van der Waals surface area contributed by atoms with Crippen molar-refractivity contribution in [3.8, 4) is 11.5 Å².